The third-order valence-electron chi connectivity index (χ3n) is 6.90. The summed E-state index contributed by atoms with van der Waals surface area (Å²) in [6.45, 7) is 11.0. The first kappa shape index (κ1) is 24.6. The Kier molecular flexibility index (Phi) is 7.20. The molecule has 180 valence electrons. The number of carbonyl (C=O) groups is 1. The minimum atomic E-state index is -0.150. The molecule has 0 bridgehead atoms. The van der Waals surface area contributed by atoms with Gasteiger partial charge in [-0.05, 0) is 62.1 Å². The Morgan fingerprint density at radius 3 is 2.88 bits per heavy atom. The van der Waals surface area contributed by atoms with Crippen LogP contribution in [0.4, 0.5) is 5.00 Å². The van der Waals surface area contributed by atoms with Crippen molar-refractivity contribution in [1.29, 1.82) is 5.26 Å². The van der Waals surface area contributed by atoms with Crippen LogP contribution in [0.3, 0.4) is 0 Å². The van der Waals surface area contributed by atoms with Gasteiger partial charge in [0.2, 0.25) is 11.7 Å². The van der Waals surface area contributed by atoms with Crippen LogP contribution in [-0.2, 0) is 17.6 Å². The highest BCUT2D eigenvalue weighted by atomic mass is 32.2. The number of carbonyl (C=O) groups excluding carboxylic acids is 1. The minimum Gasteiger partial charge on any atom is -0.461 e. The maximum atomic E-state index is 12.8. The van der Waals surface area contributed by atoms with Gasteiger partial charge in [0.1, 0.15) is 11.1 Å². The van der Waals surface area contributed by atoms with Gasteiger partial charge in [0.05, 0.1) is 17.6 Å². The van der Waals surface area contributed by atoms with E-state index in [2.05, 4.69) is 42.4 Å². The lowest BCUT2D eigenvalue weighted by Gasteiger charge is -2.36. The number of furan rings is 1. The zero-order valence-electron chi connectivity index (χ0n) is 20.3. The lowest BCUT2D eigenvalue weighted by atomic mass is 9.69. The van der Waals surface area contributed by atoms with E-state index in [4.69, 9.17) is 4.42 Å². The van der Waals surface area contributed by atoms with Crippen molar-refractivity contribution in [3.8, 4) is 17.7 Å². The van der Waals surface area contributed by atoms with Crippen molar-refractivity contribution in [2.45, 2.75) is 71.5 Å². The zero-order chi connectivity index (χ0) is 24.5. The quantitative estimate of drug-likeness (QED) is 0.366. The third kappa shape index (κ3) is 4.80. The van der Waals surface area contributed by atoms with Gasteiger partial charge in [0.15, 0.2) is 10.9 Å². The van der Waals surface area contributed by atoms with Gasteiger partial charge in [-0.3, -0.25) is 9.36 Å². The normalized spacial score (nSPS) is 15.9. The summed E-state index contributed by atoms with van der Waals surface area (Å²) in [7, 11) is 0. The number of anilines is 1. The number of nitrogens with one attached hydrogen (secondary N) is 1. The number of nitrogens with zero attached hydrogens (tertiary/aromatic N) is 4. The summed E-state index contributed by atoms with van der Waals surface area (Å²) in [6.07, 6.45) is 5.71. The molecule has 1 amide bonds. The second kappa shape index (κ2) is 9.96. The molecule has 7 nitrogen and oxygen atoms in total. The molecular formula is C25H31N5O2S2. The van der Waals surface area contributed by atoms with Crippen LogP contribution in [0.5, 0.6) is 0 Å². The predicted molar refractivity (Wildman–Crippen MR) is 136 cm³/mol. The second-order valence-corrected chi connectivity index (χ2v) is 11.7. The molecule has 1 atom stereocenters. The van der Waals surface area contributed by atoms with E-state index < -0.39 is 0 Å². The highest BCUT2D eigenvalue weighted by Crippen LogP contribution is 2.45. The summed E-state index contributed by atoms with van der Waals surface area (Å²) in [5, 5.41) is 22.7. The monoisotopic (exact) mass is 497 g/mol. The summed E-state index contributed by atoms with van der Waals surface area (Å²) in [5.41, 5.74) is 2.04. The van der Waals surface area contributed by atoms with Gasteiger partial charge < -0.3 is 9.73 Å². The lowest BCUT2D eigenvalue weighted by Crippen LogP contribution is -2.28. The number of fused-ring (bicyclic) bond motifs is 1. The predicted octanol–water partition coefficient (Wildman–Crippen LogP) is 6.32. The summed E-state index contributed by atoms with van der Waals surface area (Å²) in [5.74, 6) is 1.92. The molecule has 1 aliphatic rings. The Morgan fingerprint density at radius 1 is 1.44 bits per heavy atom. The molecule has 0 spiro atoms. The van der Waals surface area contributed by atoms with Crippen LogP contribution in [0.2, 0.25) is 0 Å². The van der Waals surface area contributed by atoms with Crippen molar-refractivity contribution in [2.75, 3.05) is 11.1 Å². The number of thiophene rings is 1. The van der Waals surface area contributed by atoms with Crippen molar-refractivity contribution in [3.63, 3.8) is 0 Å². The van der Waals surface area contributed by atoms with Crippen LogP contribution in [0.15, 0.2) is 28.0 Å². The molecule has 0 saturated heterocycles. The maximum Gasteiger partial charge on any atom is 0.235 e. The number of aromatic nitrogens is 3. The van der Waals surface area contributed by atoms with E-state index >= 15 is 0 Å². The maximum absolute atomic E-state index is 12.8. The average Bonchev–Trinajstić information content (AvgIpc) is 3.54. The Morgan fingerprint density at radius 2 is 2.24 bits per heavy atom. The van der Waals surface area contributed by atoms with E-state index in [0.29, 0.717) is 33.2 Å². The first-order chi connectivity index (χ1) is 16.2. The summed E-state index contributed by atoms with van der Waals surface area (Å²) in [6, 6.07) is 6.11. The molecule has 3 heterocycles. The van der Waals surface area contributed by atoms with Crippen LogP contribution in [0.25, 0.3) is 11.6 Å². The highest BCUT2D eigenvalue weighted by Gasteiger charge is 2.34. The van der Waals surface area contributed by atoms with E-state index in [0.717, 1.165) is 31.2 Å². The Balaban J connectivity index is 1.46. The fraction of sp³-hybridized carbons (Fsp3) is 0.520. The molecule has 34 heavy (non-hydrogen) atoms. The molecule has 1 N–H and O–H groups in total. The Hall–Kier alpha value is -2.57. The van der Waals surface area contributed by atoms with Crippen LogP contribution in [0.1, 0.15) is 69.5 Å². The molecule has 9 heteroatoms. The molecule has 0 saturated carbocycles. The SMILES string of the molecule is CCC(C)(C)C1CCc2c(sc(NC(=O)CSc3nnc(-c4ccco4)n3C(C)C)c2C#N)C1. The number of hydrogen-bond acceptors (Lipinski definition) is 7. The molecule has 0 fully saturated rings. The second-order valence-electron chi connectivity index (χ2n) is 9.69. The topological polar surface area (TPSA) is 96.7 Å². The summed E-state index contributed by atoms with van der Waals surface area (Å²) >= 11 is 2.90. The van der Waals surface area contributed by atoms with Gasteiger partial charge in [-0.2, -0.15) is 5.26 Å². The smallest absolute Gasteiger partial charge is 0.235 e. The third-order valence-corrected chi connectivity index (χ3v) is 9.01. The van der Waals surface area contributed by atoms with Gasteiger partial charge in [0, 0.05) is 10.9 Å². The summed E-state index contributed by atoms with van der Waals surface area (Å²) < 4.78 is 7.46. The average molecular weight is 498 g/mol. The Labute approximate surface area is 209 Å². The van der Waals surface area contributed by atoms with E-state index in [-0.39, 0.29) is 23.1 Å². The molecule has 3 aromatic heterocycles. The fourth-order valence-corrected chi connectivity index (χ4v) is 6.62. The first-order valence-corrected chi connectivity index (χ1v) is 13.5. The molecule has 0 radical (unpaired) electrons. The number of nitriles is 1. The van der Waals surface area contributed by atoms with Crippen LogP contribution < -0.4 is 5.32 Å². The van der Waals surface area contributed by atoms with Crippen molar-refractivity contribution >= 4 is 34.0 Å². The van der Waals surface area contributed by atoms with Gasteiger partial charge in [-0.25, -0.2) is 0 Å². The Bertz CT molecular complexity index is 1200. The minimum absolute atomic E-state index is 0.107. The van der Waals surface area contributed by atoms with Crippen molar-refractivity contribution in [3.05, 3.63) is 34.4 Å². The molecule has 0 aliphatic heterocycles. The highest BCUT2D eigenvalue weighted by molar-refractivity contribution is 7.99. The largest absolute Gasteiger partial charge is 0.461 e. The number of hydrogen-bond donors (Lipinski definition) is 1. The zero-order valence-corrected chi connectivity index (χ0v) is 22.0. The van der Waals surface area contributed by atoms with E-state index in [9.17, 15) is 10.1 Å². The van der Waals surface area contributed by atoms with Gasteiger partial charge in [0.25, 0.3) is 0 Å². The van der Waals surface area contributed by atoms with E-state index in [1.807, 2.05) is 30.5 Å². The molecule has 4 rings (SSSR count). The van der Waals surface area contributed by atoms with Gasteiger partial charge in [-0.15, -0.1) is 21.5 Å². The number of rotatable bonds is 8. The van der Waals surface area contributed by atoms with Crippen molar-refractivity contribution < 1.29 is 9.21 Å². The van der Waals surface area contributed by atoms with Crippen molar-refractivity contribution in [1.82, 2.24) is 14.8 Å². The molecule has 1 aliphatic carbocycles. The van der Waals surface area contributed by atoms with Crippen LogP contribution in [-0.4, -0.2) is 26.4 Å². The van der Waals surface area contributed by atoms with E-state index in [1.54, 1.807) is 17.6 Å². The van der Waals surface area contributed by atoms with Gasteiger partial charge in [-0.1, -0.05) is 39.0 Å². The standard InChI is InChI=1S/C25H31N5O2S2/c1-6-25(4,5)16-9-10-17-18(13-26)23(34-20(17)12-16)27-21(31)14-33-24-29-28-22(30(24)15(2)3)19-8-7-11-32-19/h7-8,11,15-16H,6,9-10,12,14H2,1-5H3,(H,27,31). The van der Waals surface area contributed by atoms with Crippen LogP contribution >= 0.6 is 23.1 Å². The number of thioether (sulfide) groups is 1. The molecular weight excluding hydrogens is 466 g/mol. The first-order valence-electron chi connectivity index (χ1n) is 11.7. The lowest BCUT2D eigenvalue weighted by molar-refractivity contribution is -0.113. The van der Waals surface area contributed by atoms with Crippen LogP contribution in [0, 0.1) is 22.7 Å². The number of amides is 1. The molecule has 3 aromatic rings. The molecule has 1 unspecified atom stereocenters. The molecule has 0 aromatic carbocycles. The fourth-order valence-electron chi connectivity index (χ4n) is 4.46. The van der Waals surface area contributed by atoms with E-state index in [1.165, 1.54) is 16.6 Å². The summed E-state index contributed by atoms with van der Waals surface area (Å²) in [4.78, 5) is 14.1. The van der Waals surface area contributed by atoms with Crippen molar-refractivity contribution in [2.24, 2.45) is 11.3 Å². The van der Waals surface area contributed by atoms with Gasteiger partial charge >= 0.3 is 0 Å².